The third-order valence-corrected chi connectivity index (χ3v) is 3.15. The molecular weight excluding hydrogens is 208 g/mol. The lowest BCUT2D eigenvalue weighted by Gasteiger charge is -2.25. The number of carboxylic acid groups (broad SMARTS) is 1. The zero-order valence-electron chi connectivity index (χ0n) is 9.98. The second-order valence-electron chi connectivity index (χ2n) is 4.07. The Kier molecular flexibility index (Phi) is 4.73. The second-order valence-corrected chi connectivity index (χ2v) is 4.07. The summed E-state index contributed by atoms with van der Waals surface area (Å²) in [6, 6.07) is 0.396. The van der Waals surface area contributed by atoms with Crippen LogP contribution in [-0.2, 0) is 9.59 Å². The first-order chi connectivity index (χ1) is 7.58. The maximum Gasteiger partial charge on any atom is 0.312 e. The Labute approximate surface area is 96.0 Å². The zero-order chi connectivity index (χ0) is 12.1. The largest absolute Gasteiger partial charge is 0.481 e. The van der Waals surface area contributed by atoms with Gasteiger partial charge in [0.2, 0.25) is 5.91 Å². The van der Waals surface area contributed by atoms with Gasteiger partial charge in [0.05, 0.1) is 0 Å². The van der Waals surface area contributed by atoms with E-state index in [9.17, 15) is 9.59 Å². The van der Waals surface area contributed by atoms with E-state index in [0.717, 1.165) is 19.5 Å². The van der Waals surface area contributed by atoms with Crippen molar-refractivity contribution in [2.75, 3.05) is 26.2 Å². The van der Waals surface area contributed by atoms with Crippen molar-refractivity contribution < 1.29 is 14.7 Å². The van der Waals surface area contributed by atoms with Crippen LogP contribution in [0.5, 0.6) is 0 Å². The number of hydrogen-bond acceptors (Lipinski definition) is 3. The van der Waals surface area contributed by atoms with Gasteiger partial charge >= 0.3 is 5.97 Å². The van der Waals surface area contributed by atoms with Crippen LogP contribution >= 0.6 is 0 Å². The molecule has 0 aromatic rings. The number of aliphatic carboxylic acids is 1. The predicted molar refractivity (Wildman–Crippen MR) is 60.2 cm³/mol. The average molecular weight is 228 g/mol. The molecule has 0 aromatic heterocycles. The highest BCUT2D eigenvalue weighted by Gasteiger charge is 2.29. The normalized spacial score (nSPS) is 20.4. The summed E-state index contributed by atoms with van der Waals surface area (Å²) in [4.78, 5) is 25.9. The Morgan fingerprint density at radius 1 is 1.38 bits per heavy atom. The van der Waals surface area contributed by atoms with E-state index >= 15 is 0 Å². The predicted octanol–water partition coefficient (Wildman–Crippen LogP) is 0.404. The van der Waals surface area contributed by atoms with Gasteiger partial charge in [-0.25, -0.2) is 0 Å². The lowest BCUT2D eigenvalue weighted by molar-refractivity contribution is -0.143. The van der Waals surface area contributed by atoms with Gasteiger partial charge in [0.15, 0.2) is 0 Å². The molecule has 1 rings (SSSR count). The number of nitrogens with zero attached hydrogens (tertiary/aromatic N) is 2. The van der Waals surface area contributed by atoms with Gasteiger partial charge < -0.3 is 10.0 Å². The highest BCUT2D eigenvalue weighted by atomic mass is 16.4. The lowest BCUT2D eigenvalue weighted by Crippen LogP contribution is -2.39. The molecule has 1 heterocycles. The van der Waals surface area contributed by atoms with Gasteiger partial charge in [0.1, 0.15) is 6.42 Å². The van der Waals surface area contributed by atoms with E-state index in [0.29, 0.717) is 19.1 Å². The van der Waals surface area contributed by atoms with E-state index in [1.54, 1.807) is 4.90 Å². The molecule has 1 aliphatic heterocycles. The Hall–Kier alpha value is -1.10. The minimum Gasteiger partial charge on any atom is -0.481 e. The van der Waals surface area contributed by atoms with Crippen molar-refractivity contribution >= 4 is 11.9 Å². The Bertz CT molecular complexity index is 264. The third-order valence-electron chi connectivity index (χ3n) is 3.15. The number of hydrogen-bond donors (Lipinski definition) is 1. The van der Waals surface area contributed by atoms with Crippen LogP contribution in [0.4, 0.5) is 0 Å². The van der Waals surface area contributed by atoms with Crippen molar-refractivity contribution in [2.24, 2.45) is 0 Å². The molecule has 1 N–H and O–H groups in total. The first kappa shape index (κ1) is 13.0. The number of carboxylic acids is 1. The molecule has 5 nitrogen and oxygen atoms in total. The molecule has 0 saturated carbocycles. The molecule has 0 bridgehead atoms. The van der Waals surface area contributed by atoms with E-state index < -0.39 is 5.97 Å². The van der Waals surface area contributed by atoms with Gasteiger partial charge in [0, 0.05) is 19.1 Å². The molecule has 0 spiro atoms. The van der Waals surface area contributed by atoms with E-state index in [1.165, 1.54) is 0 Å². The van der Waals surface area contributed by atoms with Crippen molar-refractivity contribution in [3.8, 4) is 0 Å². The molecule has 0 radical (unpaired) electrons. The minimum atomic E-state index is -1.05. The second kappa shape index (κ2) is 5.84. The van der Waals surface area contributed by atoms with Crippen molar-refractivity contribution in [3.05, 3.63) is 0 Å². The van der Waals surface area contributed by atoms with Crippen LogP contribution in [-0.4, -0.2) is 59.0 Å². The van der Waals surface area contributed by atoms with Crippen LogP contribution in [0.3, 0.4) is 0 Å². The molecule has 1 aliphatic rings. The summed E-state index contributed by atoms with van der Waals surface area (Å²) in [5, 5.41) is 8.55. The summed E-state index contributed by atoms with van der Waals surface area (Å²) in [7, 11) is 0. The topological polar surface area (TPSA) is 60.9 Å². The van der Waals surface area contributed by atoms with Crippen LogP contribution in [0, 0.1) is 0 Å². The molecule has 1 atom stereocenters. The molecule has 5 heteroatoms. The Morgan fingerprint density at radius 3 is 2.50 bits per heavy atom. The summed E-state index contributed by atoms with van der Waals surface area (Å²) >= 11 is 0. The minimum absolute atomic E-state index is 0.262. The summed E-state index contributed by atoms with van der Waals surface area (Å²) in [6.07, 6.45) is 0.567. The van der Waals surface area contributed by atoms with E-state index in [4.69, 9.17) is 5.11 Å². The maximum atomic E-state index is 11.5. The van der Waals surface area contributed by atoms with Crippen molar-refractivity contribution in [1.29, 1.82) is 0 Å². The Balaban J connectivity index is 2.45. The fraction of sp³-hybridized carbons (Fsp3) is 0.818. The lowest BCUT2D eigenvalue weighted by atomic mass is 10.2. The van der Waals surface area contributed by atoms with Crippen LogP contribution in [0.1, 0.15) is 26.7 Å². The highest BCUT2D eigenvalue weighted by Crippen LogP contribution is 2.16. The van der Waals surface area contributed by atoms with Crippen molar-refractivity contribution in [2.45, 2.75) is 32.7 Å². The number of likely N-dealkylation sites (tertiary alicyclic amines) is 1. The SMILES string of the molecule is CCN(CC)C1CCN(C(=O)CC(=O)O)C1. The monoisotopic (exact) mass is 228 g/mol. The van der Waals surface area contributed by atoms with Crippen LogP contribution in [0.25, 0.3) is 0 Å². The van der Waals surface area contributed by atoms with Gasteiger partial charge in [-0.2, -0.15) is 0 Å². The molecule has 1 saturated heterocycles. The number of likely N-dealkylation sites (N-methyl/N-ethyl adjacent to an activating group) is 1. The standard InChI is InChI=1S/C11H20N2O3/c1-3-12(4-2)9-5-6-13(8-9)10(14)7-11(15)16/h9H,3-8H2,1-2H3,(H,15,16). The highest BCUT2D eigenvalue weighted by molar-refractivity contribution is 5.93. The van der Waals surface area contributed by atoms with Crippen molar-refractivity contribution in [3.63, 3.8) is 0 Å². The van der Waals surface area contributed by atoms with E-state index in [1.807, 2.05) is 0 Å². The quantitative estimate of drug-likeness (QED) is 0.692. The number of carbonyl (C=O) groups is 2. The van der Waals surface area contributed by atoms with Gasteiger partial charge in [-0.15, -0.1) is 0 Å². The van der Waals surface area contributed by atoms with Crippen LogP contribution in [0.2, 0.25) is 0 Å². The molecule has 1 amide bonds. The summed E-state index contributed by atoms with van der Waals surface area (Å²) in [5.74, 6) is -1.31. The first-order valence-electron chi connectivity index (χ1n) is 5.82. The molecule has 0 aliphatic carbocycles. The Morgan fingerprint density at radius 2 is 2.00 bits per heavy atom. The molecule has 1 fully saturated rings. The number of carbonyl (C=O) groups excluding carboxylic acids is 1. The maximum absolute atomic E-state index is 11.5. The van der Waals surface area contributed by atoms with Gasteiger partial charge in [0.25, 0.3) is 0 Å². The summed E-state index contributed by atoms with van der Waals surface area (Å²) < 4.78 is 0. The molecule has 1 unspecified atom stereocenters. The molecule has 0 aromatic carbocycles. The van der Waals surface area contributed by atoms with Gasteiger partial charge in [-0.3, -0.25) is 14.5 Å². The summed E-state index contributed by atoms with van der Waals surface area (Å²) in [5.41, 5.74) is 0. The third kappa shape index (κ3) is 3.20. The number of rotatable bonds is 5. The fourth-order valence-corrected chi connectivity index (χ4v) is 2.25. The smallest absolute Gasteiger partial charge is 0.312 e. The number of amides is 1. The molecular formula is C11H20N2O3. The average Bonchev–Trinajstić information content (AvgIpc) is 2.68. The van der Waals surface area contributed by atoms with Crippen molar-refractivity contribution in [1.82, 2.24) is 9.80 Å². The molecule has 16 heavy (non-hydrogen) atoms. The van der Waals surface area contributed by atoms with Crippen LogP contribution < -0.4 is 0 Å². The van der Waals surface area contributed by atoms with E-state index in [-0.39, 0.29) is 12.3 Å². The van der Waals surface area contributed by atoms with Crippen LogP contribution in [0.15, 0.2) is 0 Å². The van der Waals surface area contributed by atoms with E-state index in [2.05, 4.69) is 18.7 Å². The van der Waals surface area contributed by atoms with Gasteiger partial charge in [-0.05, 0) is 19.5 Å². The first-order valence-corrected chi connectivity index (χ1v) is 5.82. The van der Waals surface area contributed by atoms with Gasteiger partial charge in [-0.1, -0.05) is 13.8 Å². The fourth-order valence-electron chi connectivity index (χ4n) is 2.25. The zero-order valence-corrected chi connectivity index (χ0v) is 9.98. The summed E-state index contributed by atoms with van der Waals surface area (Å²) in [6.45, 7) is 7.52. The molecule has 92 valence electrons.